The highest BCUT2D eigenvalue weighted by Crippen LogP contribution is 2.40. The predicted molar refractivity (Wildman–Crippen MR) is 143 cm³/mol. The van der Waals surface area contributed by atoms with Gasteiger partial charge < -0.3 is 9.47 Å². The van der Waals surface area contributed by atoms with Gasteiger partial charge in [-0.25, -0.2) is 0 Å². The highest BCUT2D eigenvalue weighted by molar-refractivity contribution is 5.75. The summed E-state index contributed by atoms with van der Waals surface area (Å²) in [6.07, 6.45) is 15.3. The molecule has 37 heavy (non-hydrogen) atoms. The standard InChI is InChI=1S/C32H40F2O3/c1-3-5-6-7-22-8-10-23(11-9-22)24-12-14-25(15-13-24)26-16-18-27(19-17-26)32(35)37-29-21-20-28(36-4-2)30(33)31(29)34/h3,5,12-15,20-23,26-27H,4,6-11,16-19H2,1-2H3/b5-3+. The quantitative estimate of drug-likeness (QED) is 0.192. The Morgan fingerprint density at radius 2 is 1.38 bits per heavy atom. The van der Waals surface area contributed by atoms with Gasteiger partial charge in [0.15, 0.2) is 11.5 Å². The lowest BCUT2D eigenvalue weighted by Gasteiger charge is -2.30. The molecule has 0 spiro atoms. The Bertz CT molecular complexity index is 1050. The molecule has 0 saturated heterocycles. The Hall–Kier alpha value is -2.69. The van der Waals surface area contributed by atoms with E-state index >= 15 is 0 Å². The third-order valence-electron chi connectivity index (χ3n) is 8.29. The number of benzene rings is 2. The van der Waals surface area contributed by atoms with Crippen LogP contribution in [0.1, 0.15) is 101 Å². The minimum atomic E-state index is -1.18. The summed E-state index contributed by atoms with van der Waals surface area (Å²) in [6, 6.07) is 11.7. The molecule has 2 fully saturated rings. The van der Waals surface area contributed by atoms with Crippen LogP contribution in [-0.4, -0.2) is 12.6 Å². The molecule has 5 heteroatoms. The summed E-state index contributed by atoms with van der Waals surface area (Å²) in [6.45, 7) is 4.01. The second-order valence-corrected chi connectivity index (χ2v) is 10.6. The lowest BCUT2D eigenvalue weighted by Crippen LogP contribution is -2.25. The van der Waals surface area contributed by atoms with Crippen LogP contribution in [0.5, 0.6) is 11.5 Å². The Kier molecular flexibility index (Phi) is 9.76. The summed E-state index contributed by atoms with van der Waals surface area (Å²) in [4.78, 5) is 12.7. The van der Waals surface area contributed by atoms with Crippen molar-refractivity contribution in [3.05, 3.63) is 71.3 Å². The van der Waals surface area contributed by atoms with E-state index in [1.165, 1.54) is 61.8 Å². The zero-order valence-electron chi connectivity index (χ0n) is 22.2. The highest BCUT2D eigenvalue weighted by atomic mass is 19.2. The molecule has 0 bridgehead atoms. The SMILES string of the molecule is C/C=C/CCC1CCC(c2ccc(C3CCC(C(=O)Oc4ccc(OCC)c(F)c4F)CC3)cc2)CC1. The number of allylic oxidation sites excluding steroid dienone is 2. The molecule has 2 aromatic carbocycles. The molecular weight excluding hydrogens is 470 g/mol. The van der Waals surface area contributed by atoms with Crippen molar-refractivity contribution in [1.82, 2.24) is 0 Å². The van der Waals surface area contributed by atoms with Gasteiger partial charge in [0.25, 0.3) is 0 Å². The van der Waals surface area contributed by atoms with Crippen LogP contribution in [0, 0.1) is 23.5 Å². The summed E-state index contributed by atoms with van der Waals surface area (Å²) >= 11 is 0. The lowest BCUT2D eigenvalue weighted by atomic mass is 9.76. The summed E-state index contributed by atoms with van der Waals surface area (Å²) in [7, 11) is 0. The van der Waals surface area contributed by atoms with Gasteiger partial charge in [0.1, 0.15) is 0 Å². The van der Waals surface area contributed by atoms with Crippen molar-refractivity contribution >= 4 is 5.97 Å². The van der Waals surface area contributed by atoms with Crippen LogP contribution >= 0.6 is 0 Å². The van der Waals surface area contributed by atoms with E-state index in [2.05, 4.69) is 43.3 Å². The molecule has 0 aromatic heterocycles. The Labute approximate surface area is 220 Å². The van der Waals surface area contributed by atoms with Crippen molar-refractivity contribution in [2.75, 3.05) is 6.61 Å². The lowest BCUT2D eigenvalue weighted by molar-refractivity contribution is -0.140. The Balaban J connectivity index is 1.25. The molecule has 2 aromatic rings. The Morgan fingerprint density at radius 3 is 1.95 bits per heavy atom. The summed E-state index contributed by atoms with van der Waals surface area (Å²) < 4.78 is 38.7. The van der Waals surface area contributed by atoms with Crippen LogP contribution in [0.25, 0.3) is 0 Å². The molecular formula is C32H40F2O3. The van der Waals surface area contributed by atoms with Crippen molar-refractivity contribution in [2.45, 2.75) is 89.9 Å². The molecule has 2 aliphatic carbocycles. The predicted octanol–water partition coefficient (Wildman–Crippen LogP) is 8.87. The monoisotopic (exact) mass is 510 g/mol. The first-order valence-corrected chi connectivity index (χ1v) is 14.0. The number of hydrogen-bond donors (Lipinski definition) is 0. The molecule has 0 radical (unpaired) electrons. The first-order valence-electron chi connectivity index (χ1n) is 14.0. The molecule has 0 N–H and O–H groups in total. The number of carbonyl (C=O) groups is 1. The van der Waals surface area contributed by atoms with Gasteiger partial charge in [-0.1, -0.05) is 36.4 Å². The molecule has 4 rings (SSSR count). The molecule has 200 valence electrons. The largest absolute Gasteiger partial charge is 0.491 e. The van der Waals surface area contributed by atoms with Crippen molar-refractivity contribution in [2.24, 2.45) is 11.8 Å². The number of hydrogen-bond acceptors (Lipinski definition) is 3. The first-order chi connectivity index (χ1) is 18.0. The van der Waals surface area contributed by atoms with E-state index < -0.39 is 17.6 Å². The van der Waals surface area contributed by atoms with Gasteiger partial charge in [-0.15, -0.1) is 0 Å². The van der Waals surface area contributed by atoms with E-state index in [0.717, 1.165) is 18.8 Å². The minimum absolute atomic E-state index is 0.181. The zero-order chi connectivity index (χ0) is 26.2. The Morgan fingerprint density at radius 1 is 0.838 bits per heavy atom. The molecule has 0 atom stereocenters. The van der Waals surface area contributed by atoms with Gasteiger partial charge in [0.05, 0.1) is 12.5 Å². The normalized spacial score (nSPS) is 24.2. The fourth-order valence-corrected chi connectivity index (χ4v) is 6.04. The van der Waals surface area contributed by atoms with E-state index in [1.54, 1.807) is 6.92 Å². The fourth-order valence-electron chi connectivity index (χ4n) is 6.04. The zero-order valence-corrected chi connectivity index (χ0v) is 22.2. The summed E-state index contributed by atoms with van der Waals surface area (Å²) in [5.41, 5.74) is 2.78. The van der Waals surface area contributed by atoms with Crippen LogP contribution in [0.4, 0.5) is 8.78 Å². The molecule has 2 aliphatic rings. The maximum Gasteiger partial charge on any atom is 0.314 e. The maximum absolute atomic E-state index is 14.3. The van der Waals surface area contributed by atoms with Gasteiger partial charge in [-0.2, -0.15) is 8.78 Å². The fraction of sp³-hybridized carbons (Fsp3) is 0.531. The summed E-state index contributed by atoms with van der Waals surface area (Å²) in [5, 5.41) is 0. The van der Waals surface area contributed by atoms with Gasteiger partial charge in [0, 0.05) is 0 Å². The van der Waals surface area contributed by atoms with Crippen LogP contribution in [0.15, 0.2) is 48.6 Å². The second kappa shape index (κ2) is 13.2. The maximum atomic E-state index is 14.3. The number of ether oxygens (including phenoxy) is 2. The number of rotatable bonds is 9. The third kappa shape index (κ3) is 7.00. The molecule has 3 nitrogen and oxygen atoms in total. The molecule has 0 unspecified atom stereocenters. The van der Waals surface area contributed by atoms with E-state index in [9.17, 15) is 13.6 Å². The summed E-state index contributed by atoms with van der Waals surface area (Å²) in [5.74, 6) is -1.70. The molecule has 0 aliphatic heterocycles. The van der Waals surface area contributed by atoms with E-state index in [-0.39, 0.29) is 24.0 Å². The number of esters is 1. The average Bonchev–Trinajstić information content (AvgIpc) is 2.93. The number of carbonyl (C=O) groups excluding carboxylic acids is 1. The van der Waals surface area contributed by atoms with E-state index in [1.807, 2.05) is 0 Å². The van der Waals surface area contributed by atoms with Crippen LogP contribution in [0.2, 0.25) is 0 Å². The first kappa shape index (κ1) is 27.3. The highest BCUT2D eigenvalue weighted by Gasteiger charge is 2.30. The van der Waals surface area contributed by atoms with Crippen LogP contribution < -0.4 is 9.47 Å². The van der Waals surface area contributed by atoms with Gasteiger partial charge in [-0.3, -0.25) is 4.79 Å². The van der Waals surface area contributed by atoms with E-state index in [0.29, 0.717) is 24.7 Å². The van der Waals surface area contributed by atoms with Crippen molar-refractivity contribution < 1.29 is 23.0 Å². The number of halogens is 2. The third-order valence-corrected chi connectivity index (χ3v) is 8.29. The van der Waals surface area contributed by atoms with Crippen LogP contribution in [-0.2, 0) is 4.79 Å². The van der Waals surface area contributed by atoms with Crippen LogP contribution in [0.3, 0.4) is 0 Å². The second-order valence-electron chi connectivity index (χ2n) is 10.6. The van der Waals surface area contributed by atoms with Crippen molar-refractivity contribution in [1.29, 1.82) is 0 Å². The molecule has 0 heterocycles. The van der Waals surface area contributed by atoms with Gasteiger partial charge >= 0.3 is 5.97 Å². The smallest absolute Gasteiger partial charge is 0.314 e. The van der Waals surface area contributed by atoms with Crippen molar-refractivity contribution in [3.8, 4) is 11.5 Å². The van der Waals surface area contributed by atoms with Gasteiger partial charge in [0.2, 0.25) is 11.6 Å². The molecule has 0 amide bonds. The van der Waals surface area contributed by atoms with Crippen molar-refractivity contribution in [3.63, 3.8) is 0 Å². The van der Waals surface area contributed by atoms with Gasteiger partial charge in [-0.05, 0) is 119 Å². The average molecular weight is 511 g/mol. The molecule has 2 saturated carbocycles. The van der Waals surface area contributed by atoms with E-state index in [4.69, 9.17) is 9.47 Å². The topological polar surface area (TPSA) is 35.5 Å². The minimum Gasteiger partial charge on any atom is -0.491 e.